The molecule has 0 aromatic heterocycles. The van der Waals surface area contributed by atoms with E-state index < -0.39 is 0 Å². The highest BCUT2D eigenvalue weighted by molar-refractivity contribution is 5.76. The Balaban J connectivity index is 1.86. The number of benzene rings is 1. The molecule has 1 aromatic rings. The average molecular weight is 306 g/mol. The smallest absolute Gasteiger partial charge is 0.221 e. The molecule has 1 unspecified atom stereocenters. The Labute approximate surface area is 132 Å². The SMILES string of the molecule is COCCOc1cc(C)ccc1CNC(=O)CC1CCCN1. The van der Waals surface area contributed by atoms with Gasteiger partial charge in [-0.15, -0.1) is 0 Å². The molecule has 5 nitrogen and oxygen atoms in total. The fourth-order valence-corrected chi connectivity index (χ4v) is 2.60. The normalized spacial score (nSPS) is 17.5. The molecule has 0 aliphatic carbocycles. The summed E-state index contributed by atoms with van der Waals surface area (Å²) in [7, 11) is 1.65. The van der Waals surface area contributed by atoms with Crippen LogP contribution in [-0.4, -0.2) is 38.8 Å². The van der Waals surface area contributed by atoms with Gasteiger partial charge in [0.1, 0.15) is 12.4 Å². The molecule has 1 aliphatic rings. The van der Waals surface area contributed by atoms with Crippen molar-refractivity contribution in [2.75, 3.05) is 26.9 Å². The van der Waals surface area contributed by atoms with Crippen LogP contribution in [0.5, 0.6) is 5.75 Å². The van der Waals surface area contributed by atoms with E-state index in [1.807, 2.05) is 25.1 Å². The van der Waals surface area contributed by atoms with Crippen molar-refractivity contribution in [1.82, 2.24) is 10.6 Å². The van der Waals surface area contributed by atoms with Gasteiger partial charge in [0, 0.05) is 31.7 Å². The quantitative estimate of drug-likeness (QED) is 0.719. The first-order chi connectivity index (χ1) is 10.7. The van der Waals surface area contributed by atoms with Gasteiger partial charge >= 0.3 is 0 Å². The summed E-state index contributed by atoms with van der Waals surface area (Å²) in [5.41, 5.74) is 2.13. The molecule has 1 saturated heterocycles. The van der Waals surface area contributed by atoms with E-state index >= 15 is 0 Å². The van der Waals surface area contributed by atoms with E-state index in [-0.39, 0.29) is 5.91 Å². The van der Waals surface area contributed by atoms with E-state index in [9.17, 15) is 4.79 Å². The van der Waals surface area contributed by atoms with Gasteiger partial charge < -0.3 is 20.1 Å². The fourth-order valence-electron chi connectivity index (χ4n) is 2.60. The van der Waals surface area contributed by atoms with Crippen LogP contribution in [0.2, 0.25) is 0 Å². The van der Waals surface area contributed by atoms with Crippen molar-refractivity contribution in [1.29, 1.82) is 0 Å². The van der Waals surface area contributed by atoms with E-state index in [1.165, 1.54) is 0 Å². The molecule has 0 radical (unpaired) electrons. The molecule has 2 rings (SSSR count). The number of nitrogens with one attached hydrogen (secondary N) is 2. The summed E-state index contributed by atoms with van der Waals surface area (Å²) < 4.78 is 10.7. The number of carbonyl (C=O) groups excluding carboxylic acids is 1. The molecule has 2 N–H and O–H groups in total. The van der Waals surface area contributed by atoms with Crippen molar-refractivity contribution >= 4 is 5.91 Å². The molecule has 1 fully saturated rings. The van der Waals surface area contributed by atoms with Crippen LogP contribution in [0, 0.1) is 6.92 Å². The first kappa shape index (κ1) is 16.8. The van der Waals surface area contributed by atoms with Crippen LogP contribution >= 0.6 is 0 Å². The second-order valence-electron chi connectivity index (χ2n) is 5.73. The second-order valence-corrected chi connectivity index (χ2v) is 5.73. The van der Waals surface area contributed by atoms with E-state index in [1.54, 1.807) is 7.11 Å². The number of hydrogen-bond donors (Lipinski definition) is 2. The summed E-state index contributed by atoms with van der Waals surface area (Å²) in [5, 5.41) is 6.33. The van der Waals surface area contributed by atoms with Gasteiger partial charge in [-0.25, -0.2) is 0 Å². The Hall–Kier alpha value is -1.59. The second kappa shape index (κ2) is 8.76. The van der Waals surface area contributed by atoms with Crippen LogP contribution in [0.1, 0.15) is 30.4 Å². The zero-order valence-corrected chi connectivity index (χ0v) is 13.5. The summed E-state index contributed by atoms with van der Waals surface area (Å²) in [6, 6.07) is 6.36. The maximum Gasteiger partial charge on any atom is 0.221 e. The maximum atomic E-state index is 12.0. The van der Waals surface area contributed by atoms with Gasteiger partial charge in [0.05, 0.1) is 6.61 Å². The molecule has 5 heteroatoms. The largest absolute Gasteiger partial charge is 0.491 e. The van der Waals surface area contributed by atoms with Crippen LogP contribution in [0.3, 0.4) is 0 Å². The fraction of sp³-hybridized carbons (Fsp3) is 0.588. The molecule has 122 valence electrons. The third kappa shape index (κ3) is 5.31. The van der Waals surface area contributed by atoms with Crippen molar-refractivity contribution in [3.63, 3.8) is 0 Å². The predicted molar refractivity (Wildman–Crippen MR) is 86.0 cm³/mol. The summed E-state index contributed by atoms with van der Waals surface area (Å²) in [5.74, 6) is 0.902. The lowest BCUT2D eigenvalue weighted by Crippen LogP contribution is -2.31. The monoisotopic (exact) mass is 306 g/mol. The maximum absolute atomic E-state index is 12.0. The number of aryl methyl sites for hydroxylation is 1. The number of hydrogen-bond acceptors (Lipinski definition) is 4. The third-order valence-corrected chi connectivity index (χ3v) is 3.84. The van der Waals surface area contributed by atoms with Gasteiger partial charge in [-0.3, -0.25) is 4.79 Å². The summed E-state index contributed by atoms with van der Waals surface area (Å²) in [4.78, 5) is 12.0. The molecule has 1 amide bonds. The predicted octanol–water partition coefficient (Wildman–Crippen LogP) is 1.78. The van der Waals surface area contributed by atoms with Crippen molar-refractivity contribution in [3.8, 4) is 5.75 Å². The number of carbonyl (C=O) groups is 1. The minimum atomic E-state index is 0.0859. The number of amides is 1. The lowest BCUT2D eigenvalue weighted by Gasteiger charge is -2.14. The Morgan fingerprint density at radius 2 is 2.27 bits per heavy atom. The van der Waals surface area contributed by atoms with Gasteiger partial charge in [0.25, 0.3) is 0 Å². The molecule has 1 aromatic carbocycles. The summed E-state index contributed by atoms with van der Waals surface area (Å²) in [6.45, 7) is 4.60. The Morgan fingerprint density at radius 3 is 3.00 bits per heavy atom. The lowest BCUT2D eigenvalue weighted by atomic mass is 10.1. The number of methoxy groups -OCH3 is 1. The van der Waals surface area contributed by atoms with Crippen molar-refractivity contribution in [2.24, 2.45) is 0 Å². The summed E-state index contributed by atoms with van der Waals surface area (Å²) >= 11 is 0. The highest BCUT2D eigenvalue weighted by Gasteiger charge is 2.17. The van der Waals surface area contributed by atoms with Gasteiger partial charge in [-0.05, 0) is 37.9 Å². The Kier molecular flexibility index (Phi) is 6.68. The van der Waals surface area contributed by atoms with E-state index in [2.05, 4.69) is 10.6 Å². The topological polar surface area (TPSA) is 59.6 Å². The molecule has 0 bridgehead atoms. The van der Waals surface area contributed by atoms with Crippen molar-refractivity contribution < 1.29 is 14.3 Å². The molecule has 22 heavy (non-hydrogen) atoms. The zero-order chi connectivity index (χ0) is 15.8. The van der Waals surface area contributed by atoms with Crippen LogP contribution < -0.4 is 15.4 Å². The first-order valence-electron chi connectivity index (χ1n) is 7.90. The van der Waals surface area contributed by atoms with E-state index in [0.29, 0.717) is 32.2 Å². The van der Waals surface area contributed by atoms with Gasteiger partial charge in [0.2, 0.25) is 5.91 Å². The number of rotatable bonds is 8. The zero-order valence-electron chi connectivity index (χ0n) is 13.5. The standard InChI is InChI=1S/C17H26N2O3/c1-13-5-6-14(16(10-13)22-9-8-21-2)12-19-17(20)11-15-4-3-7-18-15/h5-6,10,15,18H,3-4,7-9,11-12H2,1-2H3,(H,19,20). The average Bonchev–Trinajstić information content (AvgIpc) is 2.99. The molecular formula is C17H26N2O3. The Bertz CT molecular complexity index is 485. The van der Waals surface area contributed by atoms with Gasteiger partial charge in [0.15, 0.2) is 0 Å². The third-order valence-electron chi connectivity index (χ3n) is 3.84. The molecule has 0 spiro atoms. The molecule has 0 saturated carbocycles. The minimum absolute atomic E-state index is 0.0859. The van der Waals surface area contributed by atoms with E-state index in [0.717, 1.165) is 36.3 Å². The van der Waals surface area contributed by atoms with Crippen LogP contribution in [0.15, 0.2) is 18.2 Å². The number of ether oxygens (including phenoxy) is 2. The molecule has 1 heterocycles. The van der Waals surface area contributed by atoms with Crippen molar-refractivity contribution in [3.05, 3.63) is 29.3 Å². The molecule has 1 aliphatic heterocycles. The molecular weight excluding hydrogens is 280 g/mol. The highest BCUT2D eigenvalue weighted by atomic mass is 16.5. The van der Waals surface area contributed by atoms with Gasteiger partial charge in [-0.2, -0.15) is 0 Å². The molecule has 1 atom stereocenters. The minimum Gasteiger partial charge on any atom is -0.491 e. The van der Waals surface area contributed by atoms with Crippen LogP contribution in [0.25, 0.3) is 0 Å². The Morgan fingerprint density at radius 1 is 1.41 bits per heavy atom. The lowest BCUT2D eigenvalue weighted by molar-refractivity contribution is -0.121. The summed E-state index contributed by atoms with van der Waals surface area (Å²) in [6.07, 6.45) is 2.79. The van der Waals surface area contributed by atoms with Crippen LogP contribution in [0.4, 0.5) is 0 Å². The van der Waals surface area contributed by atoms with Gasteiger partial charge in [-0.1, -0.05) is 12.1 Å². The highest BCUT2D eigenvalue weighted by Crippen LogP contribution is 2.20. The first-order valence-corrected chi connectivity index (χ1v) is 7.90. The van der Waals surface area contributed by atoms with Crippen molar-refractivity contribution in [2.45, 2.75) is 38.8 Å². The van der Waals surface area contributed by atoms with E-state index in [4.69, 9.17) is 9.47 Å². The van der Waals surface area contributed by atoms with Crippen LogP contribution in [-0.2, 0) is 16.1 Å².